The second kappa shape index (κ2) is 6.00. The predicted molar refractivity (Wildman–Crippen MR) is 85.5 cm³/mol. The maximum absolute atomic E-state index is 12.5. The van der Waals surface area contributed by atoms with Gasteiger partial charge in [0.05, 0.1) is 15.5 Å². The molecule has 0 spiro atoms. The molecule has 7 heteroatoms. The number of piperidine rings is 1. The van der Waals surface area contributed by atoms with Crippen LogP contribution in [0.1, 0.15) is 25.3 Å². The van der Waals surface area contributed by atoms with Gasteiger partial charge in [-0.2, -0.15) is 4.31 Å². The van der Waals surface area contributed by atoms with Crippen LogP contribution in [0.15, 0.2) is 29.2 Å². The number of hydrogen-bond donors (Lipinski definition) is 2. The van der Waals surface area contributed by atoms with Crippen LogP contribution in [0, 0.1) is 0 Å². The van der Waals surface area contributed by atoms with E-state index in [9.17, 15) is 13.5 Å². The summed E-state index contributed by atoms with van der Waals surface area (Å²) in [6.45, 7) is 2.41. The lowest BCUT2D eigenvalue weighted by Crippen LogP contribution is -2.45. The van der Waals surface area contributed by atoms with Crippen molar-refractivity contribution < 1.29 is 13.5 Å². The topological polar surface area (TPSA) is 83.6 Å². The Balaban J connectivity index is 2.14. The first-order valence-corrected chi connectivity index (χ1v) is 8.65. The minimum absolute atomic E-state index is 0.260. The third kappa shape index (κ3) is 4.00. The fraction of sp³-hybridized carbons (Fsp3) is 0.500. The Morgan fingerprint density at radius 3 is 2.33 bits per heavy atom. The van der Waals surface area contributed by atoms with E-state index in [4.69, 9.17) is 18.0 Å². The molecule has 0 bridgehead atoms. The van der Waals surface area contributed by atoms with Crippen molar-refractivity contribution in [2.45, 2.75) is 36.7 Å². The average molecular weight is 328 g/mol. The molecule has 0 aliphatic carbocycles. The van der Waals surface area contributed by atoms with Crippen molar-refractivity contribution in [2.75, 3.05) is 13.1 Å². The van der Waals surface area contributed by atoms with Gasteiger partial charge < -0.3 is 10.8 Å². The third-order valence-electron chi connectivity index (χ3n) is 3.74. The molecule has 1 aromatic rings. The van der Waals surface area contributed by atoms with Gasteiger partial charge in [0, 0.05) is 19.5 Å². The second-order valence-corrected chi connectivity index (χ2v) is 8.15. The summed E-state index contributed by atoms with van der Waals surface area (Å²) in [5.74, 6) is 0. The van der Waals surface area contributed by atoms with E-state index >= 15 is 0 Å². The SMILES string of the molecule is CC1(O)CCN(S(=O)(=O)c2ccc(CC(N)=S)cc2)CC1. The van der Waals surface area contributed by atoms with Gasteiger partial charge in [-0.25, -0.2) is 8.42 Å². The molecule has 0 saturated carbocycles. The Morgan fingerprint density at radius 1 is 1.33 bits per heavy atom. The smallest absolute Gasteiger partial charge is 0.243 e. The van der Waals surface area contributed by atoms with Gasteiger partial charge in [-0.3, -0.25) is 0 Å². The molecular formula is C14H20N2O3S2. The van der Waals surface area contributed by atoms with Crippen molar-refractivity contribution in [1.82, 2.24) is 4.31 Å². The average Bonchev–Trinajstić information content (AvgIpc) is 2.38. The molecule has 0 amide bonds. The fourth-order valence-corrected chi connectivity index (χ4v) is 3.95. The molecule has 3 N–H and O–H groups in total. The lowest BCUT2D eigenvalue weighted by atomic mass is 9.95. The third-order valence-corrected chi connectivity index (χ3v) is 5.80. The number of nitrogens with zero attached hydrogens (tertiary/aromatic N) is 1. The highest BCUT2D eigenvalue weighted by atomic mass is 32.2. The van der Waals surface area contributed by atoms with Crippen LogP contribution in [-0.2, 0) is 16.4 Å². The lowest BCUT2D eigenvalue weighted by Gasteiger charge is -2.34. The first kappa shape index (κ1) is 16.4. The van der Waals surface area contributed by atoms with E-state index in [1.807, 2.05) is 0 Å². The number of rotatable bonds is 4. The quantitative estimate of drug-likeness (QED) is 0.807. The first-order valence-electron chi connectivity index (χ1n) is 6.80. The van der Waals surface area contributed by atoms with E-state index in [0.29, 0.717) is 37.3 Å². The summed E-state index contributed by atoms with van der Waals surface area (Å²) >= 11 is 4.84. The predicted octanol–water partition coefficient (Wildman–Crippen LogP) is 1.05. The van der Waals surface area contributed by atoms with Crippen LogP contribution in [0.5, 0.6) is 0 Å². The van der Waals surface area contributed by atoms with Crippen molar-refractivity contribution in [3.63, 3.8) is 0 Å². The van der Waals surface area contributed by atoms with Crippen LogP contribution in [0.2, 0.25) is 0 Å². The van der Waals surface area contributed by atoms with Crippen LogP contribution in [0.4, 0.5) is 0 Å². The maximum atomic E-state index is 12.5. The number of thiocarbonyl (C=S) groups is 1. The first-order chi connectivity index (χ1) is 9.71. The Labute approximate surface area is 130 Å². The Hall–Kier alpha value is -1.02. The van der Waals surface area contributed by atoms with E-state index in [0.717, 1.165) is 5.56 Å². The Bertz CT molecular complexity index is 614. The number of hydrogen-bond acceptors (Lipinski definition) is 4. The van der Waals surface area contributed by atoms with E-state index < -0.39 is 15.6 Å². The molecule has 116 valence electrons. The van der Waals surface area contributed by atoms with Crippen molar-refractivity contribution >= 4 is 27.2 Å². The van der Waals surface area contributed by atoms with Crippen LogP contribution < -0.4 is 5.73 Å². The summed E-state index contributed by atoms with van der Waals surface area (Å²) in [6, 6.07) is 6.61. The normalized spacial score (nSPS) is 19.3. The maximum Gasteiger partial charge on any atom is 0.243 e. The summed E-state index contributed by atoms with van der Waals surface area (Å²) in [5, 5.41) is 9.90. The number of benzene rings is 1. The Kier molecular flexibility index (Phi) is 4.67. The molecule has 0 atom stereocenters. The molecule has 1 saturated heterocycles. The molecule has 1 heterocycles. The molecule has 1 aliphatic rings. The highest BCUT2D eigenvalue weighted by Gasteiger charge is 2.33. The summed E-state index contributed by atoms with van der Waals surface area (Å²) in [5.41, 5.74) is 5.59. The molecule has 0 unspecified atom stereocenters. The molecule has 1 aliphatic heterocycles. The zero-order valence-corrected chi connectivity index (χ0v) is 13.6. The highest BCUT2D eigenvalue weighted by Crippen LogP contribution is 2.26. The fourth-order valence-electron chi connectivity index (χ4n) is 2.34. The number of sulfonamides is 1. The molecule has 0 aromatic heterocycles. The molecule has 1 aromatic carbocycles. The van der Waals surface area contributed by atoms with Crippen molar-refractivity contribution in [2.24, 2.45) is 5.73 Å². The summed E-state index contributed by atoms with van der Waals surface area (Å²) in [7, 11) is -3.50. The van der Waals surface area contributed by atoms with Crippen LogP contribution in [-0.4, -0.2) is 41.5 Å². The molecule has 5 nitrogen and oxygen atoms in total. The minimum Gasteiger partial charge on any atom is -0.393 e. The van der Waals surface area contributed by atoms with Gasteiger partial charge in [-0.15, -0.1) is 0 Å². The largest absolute Gasteiger partial charge is 0.393 e. The van der Waals surface area contributed by atoms with Crippen LogP contribution in [0.3, 0.4) is 0 Å². The standard InChI is InChI=1S/C14H20N2O3S2/c1-14(17)6-8-16(9-7-14)21(18,19)12-4-2-11(3-5-12)10-13(15)20/h2-5,17H,6-10H2,1H3,(H2,15,20). The van der Waals surface area contributed by atoms with Gasteiger partial charge >= 0.3 is 0 Å². The van der Waals surface area contributed by atoms with Crippen molar-refractivity contribution in [3.8, 4) is 0 Å². The van der Waals surface area contributed by atoms with E-state index in [-0.39, 0.29) is 4.90 Å². The second-order valence-electron chi connectivity index (χ2n) is 5.69. The minimum atomic E-state index is -3.50. The van der Waals surface area contributed by atoms with Gasteiger partial charge in [0.2, 0.25) is 10.0 Å². The van der Waals surface area contributed by atoms with Gasteiger partial charge in [0.25, 0.3) is 0 Å². The lowest BCUT2D eigenvalue weighted by molar-refractivity contribution is 0.0126. The zero-order valence-electron chi connectivity index (χ0n) is 11.9. The van der Waals surface area contributed by atoms with E-state index in [2.05, 4.69) is 0 Å². The van der Waals surface area contributed by atoms with E-state index in [1.165, 1.54) is 4.31 Å². The number of aliphatic hydroxyl groups is 1. The highest BCUT2D eigenvalue weighted by molar-refractivity contribution is 7.89. The van der Waals surface area contributed by atoms with Gasteiger partial charge in [0.15, 0.2) is 0 Å². The molecule has 2 rings (SSSR count). The monoisotopic (exact) mass is 328 g/mol. The summed E-state index contributed by atoms with van der Waals surface area (Å²) < 4.78 is 26.5. The van der Waals surface area contributed by atoms with Crippen LogP contribution >= 0.6 is 12.2 Å². The molecular weight excluding hydrogens is 308 g/mol. The van der Waals surface area contributed by atoms with Crippen molar-refractivity contribution in [3.05, 3.63) is 29.8 Å². The van der Waals surface area contributed by atoms with Crippen molar-refractivity contribution in [1.29, 1.82) is 0 Å². The van der Waals surface area contributed by atoms with E-state index in [1.54, 1.807) is 31.2 Å². The summed E-state index contributed by atoms with van der Waals surface area (Å²) in [4.78, 5) is 0.639. The van der Waals surface area contributed by atoms with Crippen LogP contribution in [0.25, 0.3) is 0 Å². The summed E-state index contributed by atoms with van der Waals surface area (Å²) in [6.07, 6.45) is 1.36. The molecule has 0 radical (unpaired) electrons. The Morgan fingerprint density at radius 2 is 1.86 bits per heavy atom. The van der Waals surface area contributed by atoms with Gasteiger partial charge in [-0.05, 0) is 37.5 Å². The molecule has 21 heavy (non-hydrogen) atoms. The number of nitrogens with two attached hydrogens (primary N) is 1. The molecule has 1 fully saturated rings. The van der Waals surface area contributed by atoms with Gasteiger partial charge in [0.1, 0.15) is 0 Å². The van der Waals surface area contributed by atoms with Gasteiger partial charge in [-0.1, -0.05) is 24.4 Å². The zero-order chi connectivity index (χ0) is 15.7.